The summed E-state index contributed by atoms with van der Waals surface area (Å²) in [5.74, 6) is -0.653. The van der Waals surface area contributed by atoms with Gasteiger partial charge >= 0.3 is 0 Å². The second-order valence-corrected chi connectivity index (χ2v) is 22.1. The van der Waals surface area contributed by atoms with Gasteiger partial charge in [0.15, 0.2) is 28.7 Å². The average Bonchev–Trinajstić information content (AvgIpc) is 3.13. The largest absolute Gasteiger partial charge is 0.486 e. The zero-order chi connectivity index (χ0) is 41.8. The molecule has 0 aliphatic carbocycles. The van der Waals surface area contributed by atoms with Crippen molar-refractivity contribution in [1.82, 2.24) is 0 Å². The number of halogens is 2. The maximum absolute atomic E-state index is 14.0. The van der Waals surface area contributed by atoms with Crippen LogP contribution in [0.4, 0.5) is 8.78 Å². The van der Waals surface area contributed by atoms with Crippen molar-refractivity contribution in [3.05, 3.63) is 131 Å². The minimum absolute atomic E-state index is 0.152. The van der Waals surface area contributed by atoms with E-state index in [0.29, 0.717) is 30.6 Å². The molecule has 0 fully saturated rings. The van der Waals surface area contributed by atoms with Crippen molar-refractivity contribution in [2.75, 3.05) is 0 Å². The number of aldehydes is 1. The summed E-state index contributed by atoms with van der Waals surface area (Å²) in [6.07, 6.45) is -0.694. The number of carbonyl (C=O) groups excluding carboxylic acids is 2. The van der Waals surface area contributed by atoms with Gasteiger partial charge in [-0.3, -0.25) is 14.7 Å². The molecule has 4 aromatic rings. The summed E-state index contributed by atoms with van der Waals surface area (Å²) in [6.45, 7) is 12.9. The van der Waals surface area contributed by atoms with Gasteiger partial charge in [-0.25, -0.2) is 17.2 Å². The standard InChI is InChI=1S/C18H20FNO2S.C14H11FO2.C4H11NOS.C2H6O2P2S/c1-18(2,3)23(21)20-12-15-9-10-17(16(19)11-15)22-13-14-7-5-4-6-8-14;15-13-8-12(9-16)6-7-14(13)17-10-11-4-2-1-3-5-11;1-4(2,3)7(5)6;1-2(3)6(7)5-4/h4-12H,13H2,1-3H3;1-9H,10H2;5H2,1-3H3;4-6H,1H3/t23-;;7-;/m1.1./s1/i;;;6T. The van der Waals surface area contributed by atoms with Crippen LogP contribution in [-0.2, 0) is 51.8 Å². The monoisotopic (exact) mass is 842 g/mol. The fraction of sp³-hybridized carbons (Fsp3) is 0.289. The van der Waals surface area contributed by atoms with Crippen molar-refractivity contribution in [2.24, 2.45) is 9.54 Å². The molecule has 9 nitrogen and oxygen atoms in total. The van der Waals surface area contributed by atoms with Crippen molar-refractivity contribution in [1.29, 1.82) is 1.28 Å². The number of nitrogens with zero attached hydrogens (tertiary/aromatic N) is 1. The Labute approximate surface area is 330 Å². The zero-order valence-corrected chi connectivity index (χ0v) is 35.5. The molecule has 3 N–H and O–H groups in total. The van der Waals surface area contributed by atoms with E-state index >= 15 is 0 Å². The highest BCUT2D eigenvalue weighted by Crippen LogP contribution is 2.41. The fourth-order valence-corrected chi connectivity index (χ4v) is 4.33. The molecule has 4 rings (SSSR count). The van der Waals surface area contributed by atoms with Gasteiger partial charge in [0.25, 0.3) is 0 Å². The highest BCUT2D eigenvalue weighted by Gasteiger charge is 2.18. The van der Waals surface area contributed by atoms with Crippen LogP contribution in [0.15, 0.2) is 101 Å². The first kappa shape index (κ1) is 46.8. The molecule has 16 heteroatoms. The SMILES string of the molecule is CC(C)(C)[S@@](=O)N=Cc1ccc(OCc2ccccc2)c(F)c1.CC(C)(C)[S@](N)=O.O=Cc1ccc(OCc2ccccc2)c(F)c1.[3H]P(=S)(PO)C(C)=O. The summed E-state index contributed by atoms with van der Waals surface area (Å²) in [6, 6.07) is 27.8. The van der Waals surface area contributed by atoms with E-state index in [1.165, 1.54) is 31.3 Å². The van der Waals surface area contributed by atoms with Gasteiger partial charge in [0.2, 0.25) is 0 Å². The molecule has 2 unspecified atom stereocenters. The molecule has 0 aliphatic heterocycles. The van der Waals surface area contributed by atoms with Crippen molar-refractivity contribution in [3.8, 4) is 11.5 Å². The Morgan fingerprint density at radius 2 is 1.26 bits per heavy atom. The van der Waals surface area contributed by atoms with E-state index in [1.54, 1.807) is 12.1 Å². The Morgan fingerprint density at radius 3 is 1.57 bits per heavy atom. The van der Waals surface area contributed by atoms with E-state index in [0.717, 1.165) is 17.2 Å². The number of nitrogens with two attached hydrogens (primary N) is 1. The van der Waals surface area contributed by atoms with Crippen molar-refractivity contribution in [2.45, 2.75) is 71.2 Å². The Hall–Kier alpha value is -3.35. The molecular weight excluding hydrogens is 793 g/mol. The third-order valence-corrected chi connectivity index (χ3v) is 12.6. The summed E-state index contributed by atoms with van der Waals surface area (Å²) < 4.78 is 70.8. The van der Waals surface area contributed by atoms with Gasteiger partial charge in [0.1, 0.15) is 30.5 Å². The van der Waals surface area contributed by atoms with Crippen LogP contribution in [0.1, 0.15) is 75.5 Å². The molecule has 0 spiro atoms. The van der Waals surface area contributed by atoms with Gasteiger partial charge in [-0.15, -0.1) is 0 Å². The van der Waals surface area contributed by atoms with Gasteiger partial charge in [-0.05, 0) is 102 Å². The molecule has 0 saturated carbocycles. The number of hydrogen-bond acceptors (Lipinski definition) is 8. The van der Waals surface area contributed by atoms with Gasteiger partial charge in [0, 0.05) is 20.3 Å². The van der Waals surface area contributed by atoms with Crippen LogP contribution in [0.5, 0.6) is 11.5 Å². The van der Waals surface area contributed by atoms with Gasteiger partial charge in [-0.1, -0.05) is 72.5 Å². The van der Waals surface area contributed by atoms with E-state index in [2.05, 4.69) is 16.2 Å². The third-order valence-electron chi connectivity index (χ3n) is 6.32. The minimum Gasteiger partial charge on any atom is -0.486 e. The van der Waals surface area contributed by atoms with Crippen LogP contribution >= 0.6 is 14.8 Å². The topological polar surface area (TPSA) is 145 Å². The first-order valence-corrected chi connectivity index (χ1v) is 22.6. The number of ether oxygens (including phenoxy) is 2. The Balaban J connectivity index is 0.000000412. The molecule has 0 bridgehead atoms. The predicted molar refractivity (Wildman–Crippen MR) is 224 cm³/mol. The number of hydrogen-bond donors (Lipinski definition) is 2. The lowest BCUT2D eigenvalue weighted by atomic mass is 10.2. The smallest absolute Gasteiger partial charge is 0.165 e. The van der Waals surface area contributed by atoms with E-state index in [-0.39, 0.29) is 21.8 Å². The predicted octanol–water partition coefficient (Wildman–Crippen LogP) is 8.62. The quantitative estimate of drug-likeness (QED) is 0.0868. The second kappa shape index (κ2) is 24.9. The first-order chi connectivity index (χ1) is 25.6. The summed E-state index contributed by atoms with van der Waals surface area (Å²) in [4.78, 5) is 29.1. The minimum atomic E-state index is -2.72. The molecule has 54 heavy (non-hydrogen) atoms. The summed E-state index contributed by atoms with van der Waals surface area (Å²) in [5.41, 5.74) is 2.42. The molecule has 0 heterocycles. The van der Waals surface area contributed by atoms with Crippen LogP contribution in [-0.4, -0.2) is 42.1 Å². The normalized spacial score (nSPS) is 13.7. The summed E-state index contributed by atoms with van der Waals surface area (Å²) >= 11 is 4.46. The zero-order valence-electron chi connectivity index (χ0n) is 32.2. The van der Waals surface area contributed by atoms with Gasteiger partial charge in [-0.2, -0.15) is 4.40 Å². The van der Waals surface area contributed by atoms with Crippen LogP contribution in [0, 0.1) is 11.6 Å². The molecule has 0 amide bonds. The highest BCUT2D eigenvalue weighted by atomic mass is 32.6. The molecule has 0 aromatic heterocycles. The van der Waals surface area contributed by atoms with E-state index < -0.39 is 53.2 Å². The van der Waals surface area contributed by atoms with E-state index in [4.69, 9.17) is 20.8 Å². The Morgan fingerprint density at radius 1 is 0.852 bits per heavy atom. The molecule has 0 radical (unpaired) electrons. The first-order valence-electron chi connectivity index (χ1n) is 16.6. The Bertz CT molecular complexity index is 1950. The fourth-order valence-electron chi connectivity index (χ4n) is 3.23. The maximum Gasteiger partial charge on any atom is 0.165 e. The van der Waals surface area contributed by atoms with Crippen LogP contribution in [0.25, 0.3) is 0 Å². The summed E-state index contributed by atoms with van der Waals surface area (Å²) in [5, 5.41) is 5.04. The van der Waals surface area contributed by atoms with Crippen LogP contribution < -0.4 is 14.6 Å². The van der Waals surface area contributed by atoms with E-state index in [1.807, 2.05) is 102 Å². The van der Waals surface area contributed by atoms with Crippen molar-refractivity contribution < 1.29 is 41.2 Å². The number of benzene rings is 4. The number of rotatable bonds is 11. The van der Waals surface area contributed by atoms with Crippen molar-refractivity contribution in [3.63, 3.8) is 0 Å². The third kappa shape index (κ3) is 20.4. The Kier molecular flexibility index (Phi) is 21.6. The lowest BCUT2D eigenvalue weighted by Gasteiger charge is -2.12. The van der Waals surface area contributed by atoms with Gasteiger partial charge in [0.05, 0.1) is 28.1 Å². The molecule has 0 aliphatic rings. The molecule has 294 valence electrons. The number of carbonyl (C=O) groups is 2. The maximum atomic E-state index is 14.0. The van der Waals surface area contributed by atoms with Gasteiger partial charge < -0.3 is 14.4 Å². The highest BCUT2D eigenvalue weighted by molar-refractivity contribution is 8.43. The molecule has 0 saturated heterocycles. The molecule has 4 aromatic carbocycles. The summed E-state index contributed by atoms with van der Waals surface area (Å²) in [7, 11) is -3.24. The van der Waals surface area contributed by atoms with Crippen LogP contribution in [0.3, 0.4) is 0 Å². The average molecular weight is 843 g/mol. The second-order valence-electron chi connectivity index (χ2n) is 13.0. The molecule has 4 atom stereocenters. The van der Waals surface area contributed by atoms with E-state index in [9.17, 15) is 26.8 Å². The lowest BCUT2D eigenvalue weighted by Crippen LogP contribution is -2.27. The molecular formula is C38H48F2N2O7P2S3. The lowest BCUT2D eigenvalue weighted by molar-refractivity contribution is -0.109. The van der Waals surface area contributed by atoms with Crippen molar-refractivity contribution >= 4 is 66.6 Å². The van der Waals surface area contributed by atoms with Crippen LogP contribution in [0.2, 0.25) is 0 Å².